The number of carbonyl (C=O) groups is 2. The molecule has 0 spiro atoms. The fraction of sp³-hybridized carbons (Fsp3) is 0.647. The Kier molecular flexibility index (Phi) is 6.06. The number of hydrogen-bond acceptors (Lipinski definition) is 7. The number of aliphatic hydroxyl groups excluding tert-OH is 1. The van der Waals surface area contributed by atoms with Crippen LogP contribution in [0, 0.1) is 0 Å². The minimum Gasteiger partial charge on any atom is -0.462 e. The summed E-state index contributed by atoms with van der Waals surface area (Å²) in [5, 5.41) is 12.8. The highest BCUT2D eigenvalue weighted by Crippen LogP contribution is 2.38. The van der Waals surface area contributed by atoms with E-state index in [1.807, 2.05) is 4.90 Å². The summed E-state index contributed by atoms with van der Waals surface area (Å²) in [4.78, 5) is 28.2. The predicted octanol–water partition coefficient (Wildman–Crippen LogP) is 1.05. The zero-order valence-corrected chi connectivity index (χ0v) is 15.2. The number of nitrogens with zero attached hydrogens (tertiary/aromatic N) is 1. The van der Waals surface area contributed by atoms with Gasteiger partial charge in [-0.2, -0.15) is 0 Å². The minimum absolute atomic E-state index is 0.140. The average Bonchev–Trinajstić information content (AvgIpc) is 2.93. The number of fused-ring (bicyclic) bond motifs is 1. The van der Waals surface area contributed by atoms with Gasteiger partial charge in [0.2, 0.25) is 5.91 Å². The summed E-state index contributed by atoms with van der Waals surface area (Å²) < 4.78 is 10.4. The van der Waals surface area contributed by atoms with Crippen LogP contribution >= 0.6 is 11.3 Å². The van der Waals surface area contributed by atoms with Gasteiger partial charge in [0.15, 0.2) is 0 Å². The van der Waals surface area contributed by atoms with Gasteiger partial charge >= 0.3 is 5.97 Å². The first-order valence-electron chi connectivity index (χ1n) is 8.68. The summed E-state index contributed by atoms with van der Waals surface area (Å²) in [6, 6.07) is 0. The molecule has 0 radical (unpaired) electrons. The van der Waals surface area contributed by atoms with Crippen molar-refractivity contribution in [2.24, 2.45) is 0 Å². The SMILES string of the molecule is CCOC(=O)c1sc2c(c1NC(=O)CN1CCOCC1)CC[C@@H](O)C2. The Bertz CT molecular complexity index is 639. The lowest BCUT2D eigenvalue weighted by atomic mass is 9.95. The average molecular weight is 368 g/mol. The molecule has 7 nitrogen and oxygen atoms in total. The number of ether oxygens (including phenoxy) is 2. The molecule has 1 atom stereocenters. The van der Waals surface area contributed by atoms with Crippen molar-refractivity contribution in [1.82, 2.24) is 4.90 Å². The maximum atomic E-state index is 12.5. The highest BCUT2D eigenvalue weighted by Gasteiger charge is 2.29. The molecular weight excluding hydrogens is 344 g/mol. The van der Waals surface area contributed by atoms with Gasteiger partial charge < -0.3 is 19.9 Å². The normalized spacial score (nSPS) is 20.8. The fourth-order valence-corrected chi connectivity index (χ4v) is 4.45. The van der Waals surface area contributed by atoms with Gasteiger partial charge in [-0.25, -0.2) is 4.79 Å². The van der Waals surface area contributed by atoms with Crippen molar-refractivity contribution in [1.29, 1.82) is 0 Å². The van der Waals surface area contributed by atoms with Gasteiger partial charge in [-0.1, -0.05) is 0 Å². The van der Waals surface area contributed by atoms with Crippen molar-refractivity contribution in [3.8, 4) is 0 Å². The predicted molar refractivity (Wildman–Crippen MR) is 94.2 cm³/mol. The molecule has 2 heterocycles. The van der Waals surface area contributed by atoms with Crippen molar-refractivity contribution >= 4 is 28.9 Å². The molecule has 0 saturated carbocycles. The molecule has 1 aromatic rings. The second-order valence-corrected chi connectivity index (χ2v) is 7.37. The summed E-state index contributed by atoms with van der Waals surface area (Å²) >= 11 is 1.32. The van der Waals surface area contributed by atoms with Crippen molar-refractivity contribution < 1.29 is 24.2 Å². The van der Waals surface area contributed by atoms with Gasteiger partial charge in [-0.05, 0) is 25.3 Å². The smallest absolute Gasteiger partial charge is 0.350 e. The number of carbonyl (C=O) groups excluding carboxylic acids is 2. The Morgan fingerprint density at radius 3 is 2.88 bits per heavy atom. The van der Waals surface area contributed by atoms with E-state index in [4.69, 9.17) is 9.47 Å². The number of anilines is 1. The standard InChI is InChI=1S/C17H24N2O5S/c1-2-24-17(22)16-15(12-4-3-11(20)9-13(12)25-16)18-14(21)10-19-5-7-23-8-6-19/h11,20H,2-10H2,1H3,(H,18,21)/t11-/m1/s1. The lowest BCUT2D eigenvalue weighted by molar-refractivity contribution is -0.118. The van der Waals surface area contributed by atoms with Gasteiger partial charge in [-0.15, -0.1) is 11.3 Å². The van der Waals surface area contributed by atoms with Crippen LogP contribution in [0.25, 0.3) is 0 Å². The van der Waals surface area contributed by atoms with Crippen molar-refractivity contribution in [3.63, 3.8) is 0 Å². The van der Waals surface area contributed by atoms with Crippen LogP contribution in [0.3, 0.4) is 0 Å². The van der Waals surface area contributed by atoms with E-state index in [1.165, 1.54) is 11.3 Å². The monoisotopic (exact) mass is 368 g/mol. The van der Waals surface area contributed by atoms with Gasteiger partial charge in [0.05, 0.1) is 38.2 Å². The van der Waals surface area contributed by atoms with E-state index in [1.54, 1.807) is 6.92 Å². The van der Waals surface area contributed by atoms with Crippen LogP contribution < -0.4 is 5.32 Å². The molecule has 1 saturated heterocycles. The van der Waals surface area contributed by atoms with E-state index in [0.717, 1.165) is 23.5 Å². The molecule has 0 unspecified atom stereocenters. The third-order valence-corrected chi connectivity index (χ3v) is 5.67. The van der Waals surface area contributed by atoms with E-state index in [0.29, 0.717) is 43.0 Å². The first-order chi connectivity index (χ1) is 12.1. The van der Waals surface area contributed by atoms with Crippen LogP contribution in [0.4, 0.5) is 5.69 Å². The molecule has 1 amide bonds. The minimum atomic E-state index is -0.418. The van der Waals surface area contributed by atoms with Crippen LogP contribution in [0.2, 0.25) is 0 Å². The number of thiophene rings is 1. The number of morpholine rings is 1. The van der Waals surface area contributed by atoms with E-state index in [9.17, 15) is 14.7 Å². The Labute approximate surface area is 150 Å². The molecule has 25 heavy (non-hydrogen) atoms. The third kappa shape index (κ3) is 4.38. The second kappa shape index (κ2) is 8.27. The van der Waals surface area contributed by atoms with Gasteiger partial charge in [0, 0.05) is 24.4 Å². The molecule has 2 N–H and O–H groups in total. The lowest BCUT2D eigenvalue weighted by Crippen LogP contribution is -2.41. The summed E-state index contributed by atoms with van der Waals surface area (Å²) in [7, 11) is 0. The maximum absolute atomic E-state index is 12.5. The van der Waals surface area contributed by atoms with E-state index in [-0.39, 0.29) is 19.1 Å². The number of nitrogens with one attached hydrogen (secondary N) is 1. The zero-order chi connectivity index (χ0) is 17.8. The maximum Gasteiger partial charge on any atom is 0.350 e. The Morgan fingerprint density at radius 1 is 1.40 bits per heavy atom. The topological polar surface area (TPSA) is 88.1 Å². The fourth-order valence-electron chi connectivity index (χ4n) is 3.18. The van der Waals surface area contributed by atoms with Crippen LogP contribution in [-0.2, 0) is 27.1 Å². The number of rotatable bonds is 5. The molecule has 1 aliphatic heterocycles. The Morgan fingerprint density at radius 2 is 2.16 bits per heavy atom. The van der Waals surface area contributed by atoms with Gasteiger partial charge in [-0.3, -0.25) is 9.69 Å². The van der Waals surface area contributed by atoms with Crippen LogP contribution in [0.5, 0.6) is 0 Å². The van der Waals surface area contributed by atoms with Crippen LogP contribution in [0.1, 0.15) is 33.5 Å². The van der Waals surface area contributed by atoms with Crippen molar-refractivity contribution in [2.75, 3.05) is 44.8 Å². The molecule has 138 valence electrons. The highest BCUT2D eigenvalue weighted by molar-refractivity contribution is 7.14. The molecule has 0 bridgehead atoms. The Hall–Kier alpha value is -1.48. The summed E-state index contributed by atoms with van der Waals surface area (Å²) in [6.07, 6.45) is 1.42. The van der Waals surface area contributed by atoms with E-state index >= 15 is 0 Å². The third-order valence-electron chi connectivity index (χ3n) is 4.44. The molecule has 1 aliphatic carbocycles. The molecule has 1 fully saturated rings. The molecule has 3 rings (SSSR count). The lowest BCUT2D eigenvalue weighted by Gasteiger charge is -2.26. The first kappa shape index (κ1) is 18.3. The second-order valence-electron chi connectivity index (χ2n) is 6.26. The molecule has 0 aromatic carbocycles. The summed E-state index contributed by atoms with van der Waals surface area (Å²) in [6.45, 7) is 5.04. The van der Waals surface area contributed by atoms with Crippen LogP contribution in [0.15, 0.2) is 0 Å². The number of hydrogen-bond donors (Lipinski definition) is 2. The van der Waals surface area contributed by atoms with E-state index < -0.39 is 12.1 Å². The Balaban J connectivity index is 1.78. The number of aliphatic hydroxyl groups is 1. The zero-order valence-electron chi connectivity index (χ0n) is 14.4. The number of esters is 1. The van der Waals surface area contributed by atoms with Gasteiger partial charge in [0.25, 0.3) is 0 Å². The highest BCUT2D eigenvalue weighted by atomic mass is 32.1. The van der Waals surface area contributed by atoms with Crippen molar-refractivity contribution in [3.05, 3.63) is 15.3 Å². The van der Waals surface area contributed by atoms with Crippen molar-refractivity contribution in [2.45, 2.75) is 32.3 Å². The largest absolute Gasteiger partial charge is 0.462 e. The summed E-state index contributed by atoms with van der Waals surface area (Å²) in [5.74, 6) is -0.558. The number of amides is 1. The van der Waals surface area contributed by atoms with E-state index in [2.05, 4.69) is 5.32 Å². The molecule has 1 aromatic heterocycles. The van der Waals surface area contributed by atoms with Gasteiger partial charge in [0.1, 0.15) is 4.88 Å². The van der Waals surface area contributed by atoms with Crippen LogP contribution in [-0.4, -0.2) is 67.4 Å². The first-order valence-corrected chi connectivity index (χ1v) is 9.49. The summed E-state index contributed by atoms with van der Waals surface area (Å²) in [5.41, 5.74) is 1.54. The quantitative estimate of drug-likeness (QED) is 0.755. The molecule has 8 heteroatoms. The molecular formula is C17H24N2O5S. The molecule has 2 aliphatic rings.